The molecule has 62 heavy (non-hydrogen) atoms. The normalized spacial score (nSPS) is 11.0. The number of hydrogen-bond acceptors (Lipinski definition) is 0. The summed E-state index contributed by atoms with van der Waals surface area (Å²) >= 11 is 0. The van der Waals surface area contributed by atoms with Crippen molar-refractivity contribution in [3.05, 3.63) is 176 Å². The van der Waals surface area contributed by atoms with E-state index in [1.165, 1.54) is 67.3 Å². The maximum atomic E-state index is 13.0. The van der Waals surface area contributed by atoms with Crippen molar-refractivity contribution in [3.8, 4) is 0 Å². The molecule has 0 spiro atoms. The van der Waals surface area contributed by atoms with Gasteiger partial charge in [0.2, 0.25) is 0 Å². The summed E-state index contributed by atoms with van der Waals surface area (Å²) in [7, 11) is 0. The van der Waals surface area contributed by atoms with Crippen LogP contribution in [-0.2, 0) is 12.4 Å². The molecule has 0 fully saturated rings. The van der Waals surface area contributed by atoms with Crippen molar-refractivity contribution in [2.75, 3.05) is 0 Å². The molecule has 0 atom stereocenters. The molecule has 0 amide bonds. The van der Waals surface area contributed by atoms with E-state index in [2.05, 4.69) is 90.1 Å². The van der Waals surface area contributed by atoms with Crippen LogP contribution in [0.4, 0.5) is 43.9 Å². The third kappa shape index (κ3) is 21.5. The summed E-state index contributed by atoms with van der Waals surface area (Å²) in [6.45, 7) is 25.2. The molecule has 0 bridgehead atoms. The Kier molecular flexibility index (Phi) is 25.7. The van der Waals surface area contributed by atoms with Crippen molar-refractivity contribution in [1.82, 2.24) is 0 Å². The second-order valence-corrected chi connectivity index (χ2v) is 16.2. The summed E-state index contributed by atoms with van der Waals surface area (Å²) in [5, 5.41) is 0. The van der Waals surface area contributed by atoms with Crippen LogP contribution >= 0.6 is 0 Å². The van der Waals surface area contributed by atoms with Crippen LogP contribution in [0.2, 0.25) is 0 Å². The highest BCUT2D eigenvalue weighted by Crippen LogP contribution is 2.37. The van der Waals surface area contributed by atoms with Gasteiger partial charge in [-0.2, -0.15) is 26.3 Å². The van der Waals surface area contributed by atoms with Gasteiger partial charge in [-0.15, -0.1) is 0 Å². The number of rotatable bonds is 5. The average Bonchev–Trinajstić information content (AvgIpc) is 3.13. The van der Waals surface area contributed by atoms with Gasteiger partial charge in [0, 0.05) is 11.6 Å². The lowest BCUT2D eigenvalue weighted by Crippen LogP contribution is -2.12. The van der Waals surface area contributed by atoms with Crippen molar-refractivity contribution in [2.24, 2.45) is 0 Å². The monoisotopic (exact) mass is 883 g/mol. The second-order valence-electron chi connectivity index (χ2n) is 16.2. The number of aryl methyl sites for hydroxylation is 2. The molecule has 0 heterocycles. The quantitative estimate of drug-likeness (QED) is 0.154. The topological polar surface area (TPSA) is 0 Å². The molecule has 0 aliphatic rings. The SMILES string of the molecule is C.C.CC(C)c1cc(C(F)(F)F)cc(C(F)(F)F)c1.CC(C)c1cc(F)cc(F)c1.Cc1c(F)cc(C(C)C)cc1F.Cc1ccc(C(C)C)cc1.Cc1ccc(C(C)C)cc1. The molecule has 0 aromatic heterocycles. The summed E-state index contributed by atoms with van der Waals surface area (Å²) < 4.78 is 126. The van der Waals surface area contributed by atoms with E-state index in [0.717, 1.165) is 18.2 Å². The Morgan fingerprint density at radius 3 is 0.855 bits per heavy atom. The summed E-state index contributed by atoms with van der Waals surface area (Å²) in [5.74, 6) is -0.700. The highest BCUT2D eigenvalue weighted by molar-refractivity contribution is 5.35. The molecule has 0 saturated carbocycles. The van der Waals surface area contributed by atoms with E-state index in [9.17, 15) is 43.9 Å². The zero-order chi connectivity index (χ0) is 46.3. The van der Waals surface area contributed by atoms with Crippen molar-refractivity contribution < 1.29 is 43.9 Å². The summed E-state index contributed by atoms with van der Waals surface area (Å²) in [6.07, 6.45) is -9.55. The van der Waals surface area contributed by atoms with Crippen molar-refractivity contribution in [1.29, 1.82) is 0 Å². The van der Waals surface area contributed by atoms with E-state index in [0.29, 0.717) is 23.0 Å². The standard InChI is InChI=1S/C11H10F6.C10H12F2.2C10H14.C9H10F2.2CH4/c1-6(2)7-3-8(10(12,13)14)5-9(4-7)11(15,16)17;1-6(2)8-4-9(11)7(3)10(12)5-8;2*1-8(2)10-6-4-9(3)5-7-10;1-6(2)7-3-8(10)5-9(11)4-7;;/h3-6H,1-2H3;4-6H,1-3H3;2*4-8H,1-3H3;3-6H,1-2H3;2*1H4. The molecule has 346 valence electrons. The van der Waals surface area contributed by atoms with E-state index in [1.807, 2.05) is 27.7 Å². The van der Waals surface area contributed by atoms with Gasteiger partial charge in [0.05, 0.1) is 11.1 Å². The zero-order valence-corrected chi connectivity index (χ0v) is 36.9. The van der Waals surface area contributed by atoms with Gasteiger partial charge in [0.15, 0.2) is 0 Å². The first-order valence-electron chi connectivity index (χ1n) is 19.9. The predicted molar refractivity (Wildman–Crippen MR) is 240 cm³/mol. The van der Waals surface area contributed by atoms with Crippen LogP contribution in [0.15, 0.2) is 97.1 Å². The molecule has 0 N–H and O–H groups in total. The van der Waals surface area contributed by atoms with Gasteiger partial charge < -0.3 is 0 Å². The maximum Gasteiger partial charge on any atom is 0.416 e. The van der Waals surface area contributed by atoms with Crippen LogP contribution in [-0.4, -0.2) is 0 Å². The number of benzene rings is 5. The third-order valence-corrected chi connectivity index (χ3v) is 9.29. The minimum Gasteiger partial charge on any atom is -0.207 e. The van der Waals surface area contributed by atoms with Crippen molar-refractivity contribution in [3.63, 3.8) is 0 Å². The van der Waals surface area contributed by atoms with Gasteiger partial charge in [-0.3, -0.25) is 0 Å². The summed E-state index contributed by atoms with van der Waals surface area (Å²) in [4.78, 5) is 0. The van der Waals surface area contributed by atoms with E-state index < -0.39 is 52.7 Å². The Hall–Kier alpha value is -4.60. The van der Waals surface area contributed by atoms with Gasteiger partial charge in [0.1, 0.15) is 23.3 Å². The first kappa shape index (κ1) is 59.5. The first-order chi connectivity index (χ1) is 27.5. The Bertz CT molecular complexity index is 1890. The van der Waals surface area contributed by atoms with Gasteiger partial charge in [0.25, 0.3) is 0 Å². The molecular formula is C52H68F10. The average molecular weight is 883 g/mol. The Morgan fingerprint density at radius 1 is 0.339 bits per heavy atom. The van der Waals surface area contributed by atoms with Gasteiger partial charge in [-0.1, -0.05) is 144 Å². The lowest BCUT2D eigenvalue weighted by molar-refractivity contribution is -0.143. The third-order valence-electron chi connectivity index (χ3n) is 9.29. The second kappa shape index (κ2) is 26.8. The minimum absolute atomic E-state index is 0. The van der Waals surface area contributed by atoms with Crippen LogP contribution in [0.25, 0.3) is 0 Å². The molecule has 0 aliphatic heterocycles. The first-order valence-corrected chi connectivity index (χ1v) is 19.9. The van der Waals surface area contributed by atoms with E-state index in [-0.39, 0.29) is 43.9 Å². The molecule has 0 radical (unpaired) electrons. The molecule has 0 unspecified atom stereocenters. The predicted octanol–water partition coefficient (Wildman–Crippen LogP) is 18.8. The largest absolute Gasteiger partial charge is 0.416 e. The fourth-order valence-electron chi connectivity index (χ4n) is 5.12. The molecule has 0 nitrogen and oxygen atoms in total. The Balaban J connectivity index is 0. The van der Waals surface area contributed by atoms with Crippen molar-refractivity contribution >= 4 is 0 Å². The molecule has 5 rings (SSSR count). The molecule has 10 heteroatoms. The number of halogens is 10. The summed E-state index contributed by atoms with van der Waals surface area (Å²) in [5.41, 5.74) is 4.50. The van der Waals surface area contributed by atoms with E-state index >= 15 is 0 Å². The Morgan fingerprint density at radius 2 is 0.597 bits per heavy atom. The lowest BCUT2D eigenvalue weighted by Gasteiger charge is -2.15. The minimum atomic E-state index is -4.77. The van der Waals surface area contributed by atoms with E-state index in [4.69, 9.17) is 0 Å². The molecule has 0 saturated heterocycles. The van der Waals surface area contributed by atoms with Crippen LogP contribution in [0.1, 0.15) is 169 Å². The highest BCUT2D eigenvalue weighted by atomic mass is 19.4. The molecular weight excluding hydrogens is 815 g/mol. The van der Waals surface area contributed by atoms with Gasteiger partial charge in [-0.25, -0.2) is 17.6 Å². The lowest BCUT2D eigenvalue weighted by atomic mass is 9.97. The van der Waals surface area contributed by atoms with Crippen LogP contribution in [0, 0.1) is 44.0 Å². The molecule has 5 aromatic carbocycles. The van der Waals surface area contributed by atoms with Crippen LogP contribution < -0.4 is 0 Å². The van der Waals surface area contributed by atoms with Gasteiger partial charge in [-0.05, 0) is 121 Å². The number of hydrogen-bond donors (Lipinski definition) is 0. The van der Waals surface area contributed by atoms with Gasteiger partial charge >= 0.3 is 12.4 Å². The fourth-order valence-corrected chi connectivity index (χ4v) is 5.12. The van der Waals surface area contributed by atoms with Crippen molar-refractivity contribution in [2.45, 2.75) is 147 Å². The maximum absolute atomic E-state index is 13.0. The van der Waals surface area contributed by atoms with Crippen LogP contribution in [0.5, 0.6) is 0 Å². The zero-order valence-electron chi connectivity index (χ0n) is 36.9. The molecule has 0 aliphatic carbocycles. The number of alkyl halides is 6. The fraction of sp³-hybridized carbons (Fsp3) is 0.423. The smallest absolute Gasteiger partial charge is 0.207 e. The summed E-state index contributed by atoms with van der Waals surface area (Å²) in [6, 6.07) is 25.4. The molecule has 5 aromatic rings. The van der Waals surface area contributed by atoms with Crippen LogP contribution in [0.3, 0.4) is 0 Å². The Labute approximate surface area is 365 Å². The van der Waals surface area contributed by atoms with E-state index in [1.54, 1.807) is 0 Å². The highest BCUT2D eigenvalue weighted by Gasteiger charge is 2.37.